The summed E-state index contributed by atoms with van der Waals surface area (Å²) in [5.41, 5.74) is 11.1. The summed E-state index contributed by atoms with van der Waals surface area (Å²) >= 11 is 6.17. The fraction of sp³-hybridized carbons (Fsp3) is 0.167. The summed E-state index contributed by atoms with van der Waals surface area (Å²) in [7, 11) is 0. The Balaban J connectivity index is 0.00000176. The van der Waals surface area contributed by atoms with E-state index in [0.29, 0.717) is 16.3 Å². The third kappa shape index (κ3) is 6.58. The molecule has 6 N–H and O–H groups in total. The number of halogens is 4. The Morgan fingerprint density at radius 3 is 2.09 bits per heavy atom. The lowest BCUT2D eigenvalue weighted by Crippen LogP contribution is -2.35. The minimum Gasteiger partial charge on any atom is -0.354 e. The number of aryl methyl sites for hydroxylation is 2. The summed E-state index contributed by atoms with van der Waals surface area (Å²) in [6.07, 6.45) is -3.58. The van der Waals surface area contributed by atoms with Gasteiger partial charge in [0, 0.05) is 5.70 Å². The van der Waals surface area contributed by atoms with E-state index in [0.717, 1.165) is 17.2 Å². The normalized spacial score (nSPS) is 12.6. The zero-order valence-corrected chi connectivity index (χ0v) is 18.4. The predicted octanol–water partition coefficient (Wildman–Crippen LogP) is 6.30. The van der Waals surface area contributed by atoms with Crippen molar-refractivity contribution in [2.24, 2.45) is 11.6 Å². The minimum atomic E-state index is -4.55. The highest BCUT2D eigenvalue weighted by molar-refractivity contribution is 6.33. The minimum absolute atomic E-state index is 0.236. The summed E-state index contributed by atoms with van der Waals surface area (Å²) in [5, 5.41) is 9.89. The van der Waals surface area contributed by atoms with Crippen LogP contribution >= 0.6 is 11.6 Å². The molecule has 170 valence electrons. The van der Waals surface area contributed by atoms with Gasteiger partial charge in [-0.1, -0.05) is 66.2 Å². The maximum atomic E-state index is 13.1. The van der Waals surface area contributed by atoms with Crippen molar-refractivity contribution in [3.63, 3.8) is 0 Å². The molecule has 0 fully saturated rings. The van der Waals surface area contributed by atoms with Crippen molar-refractivity contribution in [1.82, 2.24) is 0 Å². The van der Waals surface area contributed by atoms with Crippen molar-refractivity contribution in [2.75, 3.05) is 5.32 Å². The van der Waals surface area contributed by atoms with Gasteiger partial charge in [0.1, 0.15) is 6.04 Å². The van der Waals surface area contributed by atoms with Crippen molar-refractivity contribution >= 4 is 23.0 Å². The molecule has 0 aliphatic rings. The molecule has 4 nitrogen and oxygen atoms in total. The zero-order chi connectivity index (χ0) is 23.9. The van der Waals surface area contributed by atoms with E-state index in [4.69, 9.17) is 22.5 Å². The molecule has 3 rings (SSSR count). The Bertz CT molecular complexity index is 1070. The molecule has 0 aliphatic heterocycles. The lowest BCUT2D eigenvalue weighted by molar-refractivity contribution is -0.136. The summed E-state index contributed by atoms with van der Waals surface area (Å²) in [6.45, 7) is 4.09. The van der Waals surface area contributed by atoms with Crippen LogP contribution in [0.5, 0.6) is 0 Å². The first-order chi connectivity index (χ1) is 15.1. The molecule has 0 bridgehead atoms. The van der Waals surface area contributed by atoms with E-state index in [1.165, 1.54) is 11.1 Å². The largest absolute Gasteiger partial charge is 0.407 e. The zero-order valence-electron chi connectivity index (χ0n) is 17.6. The molecule has 0 radical (unpaired) electrons. The molecule has 1 unspecified atom stereocenters. The number of benzene rings is 3. The van der Waals surface area contributed by atoms with Gasteiger partial charge >= 0.3 is 6.18 Å². The summed E-state index contributed by atoms with van der Waals surface area (Å²) in [6, 6.07) is 18.2. The first-order valence-electron chi connectivity index (χ1n) is 9.64. The van der Waals surface area contributed by atoms with Crippen LogP contribution in [0.3, 0.4) is 0 Å². The maximum absolute atomic E-state index is 13.1. The quantitative estimate of drug-likeness (QED) is 0.334. The van der Waals surface area contributed by atoms with Gasteiger partial charge in [0.2, 0.25) is 0 Å². The molecular formula is C24H25ClF3N3O. The van der Waals surface area contributed by atoms with Gasteiger partial charge < -0.3 is 16.3 Å². The lowest BCUT2D eigenvalue weighted by Gasteiger charge is -2.17. The van der Waals surface area contributed by atoms with Crippen LogP contribution in [0.4, 0.5) is 18.9 Å². The molecule has 0 saturated carbocycles. The summed E-state index contributed by atoms with van der Waals surface area (Å²) in [4.78, 5) is 0. The number of nitrogens with one attached hydrogen (secondary N) is 1. The van der Waals surface area contributed by atoms with Crippen LogP contribution in [0.2, 0.25) is 5.02 Å². The maximum Gasteiger partial charge on any atom is 0.407 e. The van der Waals surface area contributed by atoms with Gasteiger partial charge in [0.05, 0.1) is 10.7 Å². The van der Waals surface area contributed by atoms with Gasteiger partial charge in [0.25, 0.3) is 0 Å². The smallest absolute Gasteiger partial charge is 0.354 e. The van der Waals surface area contributed by atoms with Crippen molar-refractivity contribution in [1.29, 1.82) is 0 Å². The molecule has 0 amide bonds. The third-order valence-electron chi connectivity index (χ3n) is 4.90. The van der Waals surface area contributed by atoms with E-state index in [2.05, 4.69) is 17.3 Å². The highest BCUT2D eigenvalue weighted by atomic mass is 35.5. The fourth-order valence-corrected chi connectivity index (χ4v) is 3.14. The Hall–Kier alpha value is -2.84. The van der Waals surface area contributed by atoms with Gasteiger partial charge in [-0.15, -0.1) is 0 Å². The van der Waals surface area contributed by atoms with Crippen molar-refractivity contribution < 1.29 is 18.4 Å². The fourth-order valence-electron chi connectivity index (χ4n) is 2.95. The number of alkyl halides is 3. The second kappa shape index (κ2) is 11.2. The SMILES string of the molecule is Cc1ccc(-c2ccc(/C(=C/C(N)C(F)(F)F)Nc3ccccc3Cl)cc2)cc1C.NO. The topological polar surface area (TPSA) is 84.3 Å². The van der Waals surface area contributed by atoms with Crippen molar-refractivity contribution in [3.8, 4) is 11.1 Å². The Morgan fingerprint density at radius 2 is 1.53 bits per heavy atom. The van der Waals surface area contributed by atoms with E-state index in [9.17, 15) is 13.2 Å². The van der Waals surface area contributed by atoms with E-state index < -0.39 is 12.2 Å². The van der Waals surface area contributed by atoms with E-state index in [-0.39, 0.29) is 5.70 Å². The van der Waals surface area contributed by atoms with Crippen LogP contribution < -0.4 is 16.9 Å². The molecule has 0 saturated heterocycles. The number of para-hydroxylation sites is 1. The Labute approximate surface area is 190 Å². The molecule has 0 heterocycles. The molecule has 3 aromatic rings. The number of rotatable bonds is 5. The van der Waals surface area contributed by atoms with Crippen LogP contribution in [0.15, 0.2) is 72.8 Å². The molecule has 3 aromatic carbocycles. The van der Waals surface area contributed by atoms with Crippen LogP contribution in [0, 0.1) is 13.8 Å². The van der Waals surface area contributed by atoms with Gasteiger partial charge in [-0.25, -0.2) is 5.90 Å². The van der Waals surface area contributed by atoms with Crippen LogP contribution in [-0.2, 0) is 0 Å². The Kier molecular flexibility index (Phi) is 8.86. The molecule has 1 atom stereocenters. The molecule has 0 aliphatic carbocycles. The summed E-state index contributed by atoms with van der Waals surface area (Å²) in [5.74, 6) is 3.50. The second-order valence-corrected chi connectivity index (χ2v) is 7.54. The number of anilines is 1. The van der Waals surface area contributed by atoms with Crippen molar-refractivity contribution in [2.45, 2.75) is 26.1 Å². The number of nitrogens with two attached hydrogens (primary N) is 2. The number of hydrogen-bond acceptors (Lipinski definition) is 4. The molecular weight excluding hydrogens is 439 g/mol. The van der Waals surface area contributed by atoms with E-state index in [1.54, 1.807) is 36.4 Å². The summed E-state index contributed by atoms with van der Waals surface area (Å²) < 4.78 is 39.2. The third-order valence-corrected chi connectivity index (χ3v) is 5.23. The number of hydrogen-bond donors (Lipinski definition) is 4. The van der Waals surface area contributed by atoms with E-state index >= 15 is 0 Å². The predicted molar refractivity (Wildman–Crippen MR) is 124 cm³/mol. The molecule has 32 heavy (non-hydrogen) atoms. The second-order valence-electron chi connectivity index (χ2n) is 7.13. The van der Waals surface area contributed by atoms with Crippen molar-refractivity contribution in [3.05, 3.63) is 94.5 Å². The van der Waals surface area contributed by atoms with Gasteiger partial charge in [-0.05, 0) is 59.9 Å². The van der Waals surface area contributed by atoms with Crippen LogP contribution in [-0.4, -0.2) is 17.4 Å². The van der Waals surface area contributed by atoms with Crippen LogP contribution in [0.25, 0.3) is 16.8 Å². The monoisotopic (exact) mass is 463 g/mol. The lowest BCUT2D eigenvalue weighted by atomic mass is 9.98. The first-order valence-corrected chi connectivity index (χ1v) is 10.0. The van der Waals surface area contributed by atoms with Gasteiger partial charge in [-0.2, -0.15) is 13.2 Å². The average molecular weight is 464 g/mol. The molecule has 8 heteroatoms. The Morgan fingerprint density at radius 1 is 0.938 bits per heavy atom. The van der Waals surface area contributed by atoms with Crippen LogP contribution in [0.1, 0.15) is 16.7 Å². The molecule has 0 aromatic heterocycles. The average Bonchev–Trinajstić information content (AvgIpc) is 2.77. The van der Waals surface area contributed by atoms with E-state index in [1.807, 2.05) is 38.1 Å². The van der Waals surface area contributed by atoms with Gasteiger partial charge in [-0.3, -0.25) is 0 Å². The van der Waals surface area contributed by atoms with Gasteiger partial charge in [0.15, 0.2) is 0 Å². The highest BCUT2D eigenvalue weighted by Crippen LogP contribution is 2.30. The molecule has 0 spiro atoms. The highest BCUT2D eigenvalue weighted by Gasteiger charge is 2.35. The standard InChI is InChI=1S/C24H22ClF3N2.H3NO/c1-15-7-8-19(13-16(15)2)17-9-11-18(12-10-17)22(14-23(29)24(26,27)28)30-21-6-4-3-5-20(21)25;1-2/h3-14,23,30H,29H2,1-2H3;2H,1H2/b22-14-;. The first kappa shape index (κ1) is 25.4.